The highest BCUT2D eigenvalue weighted by atomic mass is 32.1. The Hall–Kier alpha value is -5.16. The zero-order valence-corrected chi connectivity index (χ0v) is 40.7. The molecule has 0 aliphatic rings. The van der Waals surface area contributed by atoms with Gasteiger partial charge in [-0.3, -0.25) is 15.6 Å². The zero-order valence-electron chi connectivity index (χ0n) is 39.9. The summed E-state index contributed by atoms with van der Waals surface area (Å²) in [5, 5.41) is 9.48. The molecule has 5 aromatic rings. The van der Waals surface area contributed by atoms with E-state index in [0.717, 1.165) is 157 Å². The van der Waals surface area contributed by atoms with E-state index in [9.17, 15) is 4.79 Å². The number of ether oxygens (including phenoxy) is 6. The Morgan fingerprint density at radius 2 is 0.708 bits per heavy atom. The summed E-state index contributed by atoms with van der Waals surface area (Å²) in [6.07, 6.45) is 16.5. The van der Waals surface area contributed by atoms with E-state index >= 15 is 0 Å². The molecule has 0 heterocycles. The van der Waals surface area contributed by atoms with Crippen molar-refractivity contribution in [3.8, 4) is 34.5 Å². The lowest BCUT2D eigenvalue weighted by Crippen LogP contribution is -2.43. The number of amides is 1. The number of nitrogens with one attached hydrogen (secondary N) is 3. The van der Waals surface area contributed by atoms with Gasteiger partial charge in [-0.15, -0.1) is 0 Å². The van der Waals surface area contributed by atoms with Gasteiger partial charge in [0, 0.05) is 12.1 Å². The van der Waals surface area contributed by atoms with Gasteiger partial charge in [0.15, 0.2) is 39.6 Å². The molecule has 0 fully saturated rings. The zero-order chi connectivity index (χ0) is 46.1. The van der Waals surface area contributed by atoms with Gasteiger partial charge in [-0.1, -0.05) is 117 Å². The highest BCUT2D eigenvalue weighted by molar-refractivity contribution is 7.80. The summed E-state index contributed by atoms with van der Waals surface area (Å²) in [6, 6.07) is 22.4. The van der Waals surface area contributed by atoms with E-state index in [1.807, 2.05) is 30.3 Å². The maximum absolute atomic E-state index is 12.9. The summed E-state index contributed by atoms with van der Waals surface area (Å²) in [5.74, 6) is 4.06. The molecule has 0 spiro atoms. The fourth-order valence-corrected chi connectivity index (χ4v) is 7.82. The summed E-state index contributed by atoms with van der Waals surface area (Å²) < 4.78 is 39.4. The van der Waals surface area contributed by atoms with Gasteiger partial charge in [-0.05, 0) is 132 Å². The molecule has 0 saturated heterocycles. The molecule has 0 aliphatic heterocycles. The third kappa shape index (κ3) is 16.0. The standard InChI is InChI=1S/C54H75N3O7S/c1-6-11-19-28-59-47-34-41-42-35-48(60-29-20-12-7-2)50(62-31-22-14-9-4)37-44(42)46-39-52(64-33-24-27-53(58)56-57-54(65)55-40-25-17-16-18-26-40)51(63-32-23-15-10-5)38-45(46)43(41)36-49(47)61-30-21-13-8-3/h16-18,25-26,34-39H,6-15,19-24,27-33H2,1-5H3,(H,56,58)(H2,55,57,65). The largest absolute Gasteiger partial charge is 0.490 e. The van der Waals surface area contributed by atoms with Crippen molar-refractivity contribution in [2.24, 2.45) is 0 Å². The number of fused-ring (bicyclic) bond motifs is 6. The molecule has 0 saturated carbocycles. The van der Waals surface area contributed by atoms with Crippen molar-refractivity contribution in [2.45, 2.75) is 144 Å². The van der Waals surface area contributed by atoms with E-state index < -0.39 is 0 Å². The molecule has 1 amide bonds. The maximum atomic E-state index is 12.9. The molecule has 3 N–H and O–H groups in total. The predicted molar refractivity (Wildman–Crippen MR) is 273 cm³/mol. The minimum absolute atomic E-state index is 0.196. The van der Waals surface area contributed by atoms with Crippen molar-refractivity contribution in [3.63, 3.8) is 0 Å². The van der Waals surface area contributed by atoms with Crippen LogP contribution in [0.1, 0.15) is 144 Å². The smallest absolute Gasteiger partial charge is 0.238 e. The van der Waals surface area contributed by atoms with Gasteiger partial charge in [-0.2, -0.15) is 0 Å². The lowest BCUT2D eigenvalue weighted by Gasteiger charge is -2.21. The van der Waals surface area contributed by atoms with Crippen molar-refractivity contribution in [2.75, 3.05) is 45.0 Å². The second kappa shape index (κ2) is 28.7. The SMILES string of the molecule is CCCCCOc1cc2c3cc(OCCCCC)c(OCCCCC)cc3c3cc(OCCCC(=O)NNC(=S)Nc4ccccc4)c(OCCCCC)cc3c2cc1OCCCCC. The quantitative estimate of drug-likeness (QED) is 0.0172. The van der Waals surface area contributed by atoms with Gasteiger partial charge in [-0.25, -0.2) is 0 Å². The molecule has 0 atom stereocenters. The van der Waals surface area contributed by atoms with Gasteiger partial charge in [0.05, 0.1) is 39.6 Å². The van der Waals surface area contributed by atoms with E-state index in [2.05, 4.69) is 87.2 Å². The Bertz CT molecular complexity index is 2170. The molecule has 5 aromatic carbocycles. The number of rotatable bonds is 31. The predicted octanol–water partition coefficient (Wildman–Crippen LogP) is 14.2. The second-order valence-corrected chi connectivity index (χ2v) is 17.2. The normalized spacial score (nSPS) is 11.2. The average molecular weight is 910 g/mol. The summed E-state index contributed by atoms with van der Waals surface area (Å²) in [7, 11) is 0. The van der Waals surface area contributed by atoms with Crippen molar-refractivity contribution in [1.82, 2.24) is 10.9 Å². The van der Waals surface area contributed by atoms with Gasteiger partial charge in [0.25, 0.3) is 0 Å². The van der Waals surface area contributed by atoms with Crippen LogP contribution in [-0.4, -0.2) is 50.7 Å². The van der Waals surface area contributed by atoms with E-state index in [4.69, 9.17) is 40.6 Å². The number of anilines is 1. The molecule has 0 aliphatic carbocycles. The Morgan fingerprint density at radius 3 is 1.00 bits per heavy atom. The molecule has 10 nitrogen and oxygen atoms in total. The first-order chi connectivity index (χ1) is 31.9. The van der Waals surface area contributed by atoms with Crippen molar-refractivity contribution >= 4 is 61.2 Å². The van der Waals surface area contributed by atoms with Gasteiger partial charge >= 0.3 is 0 Å². The summed E-state index contributed by atoms with van der Waals surface area (Å²) in [4.78, 5) is 12.9. The Labute approximate surface area is 393 Å². The number of carbonyl (C=O) groups is 1. The monoisotopic (exact) mass is 910 g/mol. The minimum Gasteiger partial charge on any atom is -0.490 e. The molecule has 11 heteroatoms. The van der Waals surface area contributed by atoms with Crippen LogP contribution >= 0.6 is 12.2 Å². The fourth-order valence-electron chi connectivity index (χ4n) is 7.65. The molecule has 0 unspecified atom stereocenters. The van der Waals surface area contributed by atoms with E-state index in [1.54, 1.807) is 0 Å². The van der Waals surface area contributed by atoms with E-state index in [-0.39, 0.29) is 12.3 Å². The van der Waals surface area contributed by atoms with Crippen molar-refractivity contribution in [3.05, 3.63) is 66.7 Å². The minimum atomic E-state index is -0.196. The van der Waals surface area contributed by atoms with Crippen LogP contribution in [0.25, 0.3) is 32.3 Å². The first-order valence-electron chi connectivity index (χ1n) is 24.6. The number of hydrogen-bond acceptors (Lipinski definition) is 8. The van der Waals surface area contributed by atoms with Crippen molar-refractivity contribution in [1.29, 1.82) is 0 Å². The highest BCUT2D eigenvalue weighted by Gasteiger charge is 2.21. The van der Waals surface area contributed by atoms with Crippen LogP contribution < -0.4 is 44.6 Å². The van der Waals surface area contributed by atoms with Crippen LogP contribution in [0.4, 0.5) is 5.69 Å². The summed E-state index contributed by atoms with van der Waals surface area (Å²) in [6.45, 7) is 14.3. The van der Waals surface area contributed by atoms with Crippen LogP contribution in [0.15, 0.2) is 66.7 Å². The lowest BCUT2D eigenvalue weighted by molar-refractivity contribution is -0.121. The Morgan fingerprint density at radius 1 is 0.415 bits per heavy atom. The van der Waals surface area contributed by atoms with E-state index in [0.29, 0.717) is 62.7 Å². The van der Waals surface area contributed by atoms with Gasteiger partial charge < -0.3 is 33.7 Å². The highest BCUT2D eigenvalue weighted by Crippen LogP contribution is 2.47. The van der Waals surface area contributed by atoms with Crippen LogP contribution in [0.2, 0.25) is 0 Å². The molecule has 0 aromatic heterocycles. The number of carbonyl (C=O) groups excluding carboxylic acids is 1. The lowest BCUT2D eigenvalue weighted by atomic mass is 9.93. The Kier molecular flexibility index (Phi) is 22.4. The van der Waals surface area contributed by atoms with Crippen molar-refractivity contribution < 1.29 is 33.2 Å². The molecule has 65 heavy (non-hydrogen) atoms. The summed E-state index contributed by atoms with van der Waals surface area (Å²) in [5.41, 5.74) is 6.31. The first kappa shape index (κ1) is 50.8. The fraction of sp³-hybridized carbons (Fsp3) is 0.519. The number of unbranched alkanes of at least 4 members (excludes halogenated alkanes) is 10. The Balaban J connectivity index is 1.57. The number of hydrazine groups is 1. The topological polar surface area (TPSA) is 109 Å². The van der Waals surface area contributed by atoms with Crippen LogP contribution in [0.5, 0.6) is 34.5 Å². The third-order valence-electron chi connectivity index (χ3n) is 11.3. The van der Waals surface area contributed by atoms with E-state index in [1.165, 1.54) is 0 Å². The first-order valence-corrected chi connectivity index (χ1v) is 25.0. The van der Waals surface area contributed by atoms with Crippen LogP contribution in [0, 0.1) is 0 Å². The number of thiocarbonyl (C=S) groups is 1. The molecule has 354 valence electrons. The molecular formula is C54H75N3O7S. The average Bonchev–Trinajstić information content (AvgIpc) is 3.32. The van der Waals surface area contributed by atoms with Crippen LogP contribution in [-0.2, 0) is 4.79 Å². The molecule has 0 radical (unpaired) electrons. The van der Waals surface area contributed by atoms with Gasteiger partial charge in [0.2, 0.25) is 5.91 Å². The molecule has 5 rings (SSSR count). The van der Waals surface area contributed by atoms with Crippen LogP contribution in [0.3, 0.4) is 0 Å². The number of benzene rings is 5. The molecule has 0 bridgehead atoms. The second-order valence-electron chi connectivity index (χ2n) is 16.8. The molecular weight excluding hydrogens is 835 g/mol. The number of hydrogen-bond donors (Lipinski definition) is 3. The maximum Gasteiger partial charge on any atom is 0.238 e. The third-order valence-corrected chi connectivity index (χ3v) is 11.5. The summed E-state index contributed by atoms with van der Waals surface area (Å²) >= 11 is 5.36. The number of para-hydroxylation sites is 1. The van der Waals surface area contributed by atoms with Gasteiger partial charge in [0.1, 0.15) is 0 Å².